The van der Waals surface area contributed by atoms with E-state index in [0.29, 0.717) is 27.0 Å². The van der Waals surface area contributed by atoms with Gasteiger partial charge in [0.25, 0.3) is 5.91 Å². The van der Waals surface area contributed by atoms with Gasteiger partial charge >= 0.3 is 0 Å². The molecule has 0 spiro atoms. The lowest BCUT2D eigenvalue weighted by Crippen LogP contribution is -2.12. The fourth-order valence-corrected chi connectivity index (χ4v) is 2.32. The number of fused-ring (bicyclic) bond motifs is 1. The molecule has 2 N–H and O–H groups in total. The van der Waals surface area contributed by atoms with Crippen LogP contribution in [0.2, 0.25) is 10.0 Å². The minimum Gasteiger partial charge on any atom is -0.463 e. The number of anilines is 1. The van der Waals surface area contributed by atoms with E-state index in [1.54, 1.807) is 36.6 Å². The Bertz CT molecular complexity index is 712. The van der Waals surface area contributed by atoms with E-state index >= 15 is 0 Å². The van der Waals surface area contributed by atoms with Gasteiger partial charge in [0.05, 0.1) is 11.8 Å². The van der Waals surface area contributed by atoms with E-state index in [1.807, 2.05) is 0 Å². The number of nitrogens with one attached hydrogen (secondary N) is 2. The number of aromatic nitrogens is 1. The first-order valence-electron chi connectivity index (χ1n) is 5.45. The van der Waals surface area contributed by atoms with E-state index in [9.17, 15) is 4.79 Å². The summed E-state index contributed by atoms with van der Waals surface area (Å²) in [6.45, 7) is 0. The van der Waals surface area contributed by atoms with Gasteiger partial charge in [0.15, 0.2) is 5.58 Å². The lowest BCUT2D eigenvalue weighted by Gasteiger charge is -2.04. The number of carbonyl (C=O) groups is 1. The second kappa shape index (κ2) is 4.64. The Morgan fingerprint density at radius 2 is 1.89 bits per heavy atom. The quantitative estimate of drug-likeness (QED) is 0.739. The monoisotopic (exact) mass is 294 g/mol. The van der Waals surface area contributed by atoms with E-state index in [2.05, 4.69) is 10.3 Å². The zero-order chi connectivity index (χ0) is 13.4. The molecule has 19 heavy (non-hydrogen) atoms. The average molecular weight is 295 g/mol. The van der Waals surface area contributed by atoms with E-state index in [0.717, 1.165) is 5.52 Å². The van der Waals surface area contributed by atoms with Gasteiger partial charge in [-0.15, -0.1) is 0 Å². The molecule has 0 aliphatic carbocycles. The van der Waals surface area contributed by atoms with Crippen LogP contribution in [0.1, 0.15) is 10.5 Å². The number of furan rings is 1. The Morgan fingerprint density at radius 3 is 2.58 bits per heavy atom. The summed E-state index contributed by atoms with van der Waals surface area (Å²) >= 11 is 11.7. The summed E-state index contributed by atoms with van der Waals surface area (Å²) in [5, 5.41) is 3.63. The first kappa shape index (κ1) is 12.1. The fraction of sp³-hybridized carbons (Fsp3) is 0. The first-order valence-corrected chi connectivity index (χ1v) is 6.21. The van der Waals surface area contributed by atoms with Crippen molar-refractivity contribution in [2.24, 2.45) is 0 Å². The number of hydrogen-bond donors (Lipinski definition) is 2. The van der Waals surface area contributed by atoms with Gasteiger partial charge in [0.2, 0.25) is 0 Å². The second-order valence-corrected chi connectivity index (χ2v) is 4.87. The largest absolute Gasteiger partial charge is 0.463 e. The highest BCUT2D eigenvalue weighted by Crippen LogP contribution is 2.23. The lowest BCUT2D eigenvalue weighted by molar-refractivity contribution is 0.102. The fourth-order valence-electron chi connectivity index (χ4n) is 1.80. The van der Waals surface area contributed by atoms with E-state index < -0.39 is 0 Å². The average Bonchev–Trinajstić information content (AvgIpc) is 2.86. The Hall–Kier alpha value is -1.91. The number of amides is 1. The van der Waals surface area contributed by atoms with Gasteiger partial charge in [-0.1, -0.05) is 23.2 Å². The van der Waals surface area contributed by atoms with Crippen LogP contribution in [0.5, 0.6) is 0 Å². The molecule has 2 aromatic heterocycles. The van der Waals surface area contributed by atoms with Crippen LogP contribution in [-0.2, 0) is 0 Å². The summed E-state index contributed by atoms with van der Waals surface area (Å²) in [5.41, 5.74) is 2.35. The number of carbonyl (C=O) groups excluding carboxylic acids is 1. The van der Waals surface area contributed by atoms with Crippen LogP contribution < -0.4 is 5.32 Å². The molecule has 0 unspecified atom stereocenters. The second-order valence-electron chi connectivity index (χ2n) is 3.99. The summed E-state index contributed by atoms with van der Waals surface area (Å²) in [7, 11) is 0. The molecule has 2 heterocycles. The highest BCUT2D eigenvalue weighted by Gasteiger charge is 2.11. The molecule has 0 atom stereocenters. The van der Waals surface area contributed by atoms with Gasteiger partial charge in [-0.25, -0.2) is 0 Å². The zero-order valence-electron chi connectivity index (χ0n) is 9.54. The molecular weight excluding hydrogens is 287 g/mol. The maximum Gasteiger partial charge on any atom is 0.272 e. The Morgan fingerprint density at radius 1 is 1.16 bits per heavy atom. The standard InChI is InChI=1S/C13H8Cl2N2O2/c14-7-3-8(15)5-9(4-7)16-13(18)11-6-12-10(17-11)1-2-19-12/h1-6,17H,(H,16,18). The molecule has 1 aromatic carbocycles. The number of hydrogen-bond acceptors (Lipinski definition) is 2. The molecule has 0 aliphatic rings. The summed E-state index contributed by atoms with van der Waals surface area (Å²) in [6, 6.07) is 8.23. The predicted octanol–water partition coefficient (Wildman–Crippen LogP) is 4.32. The van der Waals surface area contributed by atoms with Crippen molar-refractivity contribution >= 4 is 45.9 Å². The van der Waals surface area contributed by atoms with Gasteiger partial charge in [0.1, 0.15) is 5.69 Å². The van der Waals surface area contributed by atoms with Gasteiger partial charge in [-0.3, -0.25) is 4.79 Å². The number of rotatable bonds is 2. The number of benzene rings is 1. The Labute approximate surface area is 118 Å². The van der Waals surface area contributed by atoms with Gasteiger partial charge in [-0.05, 0) is 18.2 Å². The summed E-state index contributed by atoms with van der Waals surface area (Å²) in [6.07, 6.45) is 1.56. The predicted molar refractivity (Wildman–Crippen MR) is 75.0 cm³/mol. The van der Waals surface area contributed by atoms with Crippen molar-refractivity contribution < 1.29 is 9.21 Å². The maximum absolute atomic E-state index is 12.0. The van der Waals surface area contributed by atoms with Crippen LogP contribution >= 0.6 is 23.2 Å². The van der Waals surface area contributed by atoms with E-state index in [1.165, 1.54) is 0 Å². The number of aromatic amines is 1. The maximum atomic E-state index is 12.0. The molecule has 3 aromatic rings. The van der Waals surface area contributed by atoms with Crippen molar-refractivity contribution in [3.8, 4) is 0 Å². The molecule has 0 radical (unpaired) electrons. The highest BCUT2D eigenvalue weighted by molar-refractivity contribution is 6.35. The lowest BCUT2D eigenvalue weighted by atomic mass is 10.3. The molecule has 0 fully saturated rings. The van der Waals surface area contributed by atoms with Gasteiger partial charge < -0.3 is 14.7 Å². The third kappa shape index (κ3) is 2.45. The molecule has 3 rings (SSSR count). The zero-order valence-corrected chi connectivity index (χ0v) is 11.0. The van der Waals surface area contributed by atoms with Gasteiger partial charge in [0, 0.05) is 27.9 Å². The number of halogens is 2. The highest BCUT2D eigenvalue weighted by atomic mass is 35.5. The van der Waals surface area contributed by atoms with Crippen LogP contribution in [0.4, 0.5) is 5.69 Å². The minimum atomic E-state index is -0.287. The van der Waals surface area contributed by atoms with Crippen LogP contribution in [0.15, 0.2) is 41.0 Å². The van der Waals surface area contributed by atoms with Crippen molar-refractivity contribution in [3.63, 3.8) is 0 Å². The molecule has 6 heteroatoms. The molecule has 0 saturated heterocycles. The van der Waals surface area contributed by atoms with Crippen LogP contribution in [-0.4, -0.2) is 10.9 Å². The Balaban J connectivity index is 1.86. The van der Waals surface area contributed by atoms with Crippen LogP contribution in [0.25, 0.3) is 11.1 Å². The topological polar surface area (TPSA) is 58.0 Å². The molecular formula is C13H8Cl2N2O2. The smallest absolute Gasteiger partial charge is 0.272 e. The third-order valence-electron chi connectivity index (χ3n) is 2.60. The van der Waals surface area contributed by atoms with Crippen LogP contribution in [0.3, 0.4) is 0 Å². The van der Waals surface area contributed by atoms with E-state index in [-0.39, 0.29) is 5.91 Å². The molecule has 96 valence electrons. The Kier molecular flexibility index (Phi) is 2.97. The third-order valence-corrected chi connectivity index (χ3v) is 3.04. The molecule has 4 nitrogen and oxygen atoms in total. The van der Waals surface area contributed by atoms with Crippen molar-refractivity contribution in [2.45, 2.75) is 0 Å². The summed E-state index contributed by atoms with van der Waals surface area (Å²) in [4.78, 5) is 15.0. The van der Waals surface area contributed by atoms with Crippen LogP contribution in [0, 0.1) is 0 Å². The van der Waals surface area contributed by atoms with Crippen molar-refractivity contribution in [1.29, 1.82) is 0 Å². The molecule has 1 amide bonds. The molecule has 0 bridgehead atoms. The van der Waals surface area contributed by atoms with E-state index in [4.69, 9.17) is 27.6 Å². The van der Waals surface area contributed by atoms with Crippen molar-refractivity contribution in [1.82, 2.24) is 4.98 Å². The normalized spacial score (nSPS) is 10.8. The summed E-state index contributed by atoms with van der Waals surface area (Å²) < 4.78 is 5.18. The van der Waals surface area contributed by atoms with Crippen molar-refractivity contribution in [2.75, 3.05) is 5.32 Å². The first-order chi connectivity index (χ1) is 9.11. The van der Waals surface area contributed by atoms with Crippen molar-refractivity contribution in [3.05, 3.63) is 52.3 Å². The summed E-state index contributed by atoms with van der Waals surface area (Å²) in [5.74, 6) is -0.287. The van der Waals surface area contributed by atoms with Gasteiger partial charge in [-0.2, -0.15) is 0 Å². The SMILES string of the molecule is O=C(Nc1cc(Cl)cc(Cl)c1)c1cc2occc2[nH]1. The molecule has 0 saturated carbocycles. The minimum absolute atomic E-state index is 0.287. The number of H-pyrrole nitrogens is 1. The molecule has 0 aliphatic heterocycles.